The maximum Gasteiger partial charge on any atom is 0.292 e. The van der Waals surface area contributed by atoms with Crippen LogP contribution >= 0.6 is 0 Å². The van der Waals surface area contributed by atoms with Crippen LogP contribution in [0.2, 0.25) is 0 Å². The third kappa shape index (κ3) is 4.86. The van der Waals surface area contributed by atoms with Gasteiger partial charge in [-0.2, -0.15) is 0 Å². The van der Waals surface area contributed by atoms with Gasteiger partial charge in [0.1, 0.15) is 29.5 Å². The minimum absolute atomic E-state index is 0.0659. The maximum atomic E-state index is 10.7. The highest BCUT2D eigenvalue weighted by atomic mass is 16.6. The summed E-state index contributed by atoms with van der Waals surface area (Å²) in [6.45, 7) is 1.44. The molecule has 0 aliphatic rings. The molecule has 0 amide bonds. The number of benzene rings is 2. The van der Waals surface area contributed by atoms with E-state index in [1.807, 2.05) is 19.0 Å². The number of nitro benzene ring substituents is 1. The van der Waals surface area contributed by atoms with Crippen molar-refractivity contribution < 1.29 is 14.4 Å². The molecule has 0 fully saturated rings. The van der Waals surface area contributed by atoms with E-state index < -0.39 is 4.92 Å². The molecule has 122 valence electrons. The molecule has 0 bridgehead atoms. The van der Waals surface area contributed by atoms with E-state index in [-0.39, 0.29) is 11.4 Å². The number of anilines is 1. The van der Waals surface area contributed by atoms with Crippen LogP contribution < -0.4 is 15.2 Å². The highest BCUT2D eigenvalue weighted by Crippen LogP contribution is 2.29. The Morgan fingerprint density at radius 2 is 1.70 bits per heavy atom. The molecule has 0 heterocycles. The molecule has 2 N–H and O–H groups in total. The zero-order chi connectivity index (χ0) is 16.8. The van der Waals surface area contributed by atoms with Gasteiger partial charge in [-0.15, -0.1) is 0 Å². The molecule has 0 unspecified atom stereocenters. The van der Waals surface area contributed by atoms with E-state index in [0.717, 1.165) is 12.3 Å². The highest BCUT2D eigenvalue weighted by Gasteiger charge is 2.12. The number of hydrogen-bond acceptors (Lipinski definition) is 6. The Balaban J connectivity index is 1.98. The third-order valence-corrected chi connectivity index (χ3v) is 3.06. The smallest absolute Gasteiger partial charge is 0.292 e. The second-order valence-electron chi connectivity index (χ2n) is 5.20. The van der Waals surface area contributed by atoms with Gasteiger partial charge in [-0.05, 0) is 44.4 Å². The van der Waals surface area contributed by atoms with E-state index >= 15 is 0 Å². The first-order valence-electron chi connectivity index (χ1n) is 7.05. The predicted molar refractivity (Wildman–Crippen MR) is 88.1 cm³/mol. The molecular weight excluding hydrogens is 298 g/mol. The van der Waals surface area contributed by atoms with E-state index in [9.17, 15) is 10.1 Å². The van der Waals surface area contributed by atoms with Crippen molar-refractivity contribution in [3.8, 4) is 17.2 Å². The standard InChI is InChI=1S/C16H19N3O4/c1-18(2)9-10-22-12-3-5-13(6-4-12)23-14-7-8-16(19(20)21)15(17)11-14/h3-8,11H,9-10,17H2,1-2H3. The fraction of sp³-hybridized carbons (Fsp3) is 0.250. The molecule has 0 atom stereocenters. The van der Waals surface area contributed by atoms with E-state index in [1.165, 1.54) is 18.2 Å². The second kappa shape index (κ2) is 7.46. The summed E-state index contributed by atoms with van der Waals surface area (Å²) in [7, 11) is 3.96. The molecule has 0 saturated heterocycles. The Hall–Kier alpha value is -2.80. The number of likely N-dealkylation sites (N-methyl/N-ethyl adjacent to an activating group) is 1. The summed E-state index contributed by atoms with van der Waals surface area (Å²) in [5.41, 5.74) is 5.56. The lowest BCUT2D eigenvalue weighted by molar-refractivity contribution is -0.383. The molecule has 7 nitrogen and oxygen atoms in total. The van der Waals surface area contributed by atoms with Gasteiger partial charge in [0.25, 0.3) is 5.69 Å². The number of nitrogen functional groups attached to an aromatic ring is 1. The van der Waals surface area contributed by atoms with Gasteiger partial charge in [-0.25, -0.2) is 0 Å². The molecule has 7 heteroatoms. The molecule has 23 heavy (non-hydrogen) atoms. The Morgan fingerprint density at radius 1 is 1.09 bits per heavy atom. The summed E-state index contributed by atoms with van der Waals surface area (Å²) in [4.78, 5) is 12.2. The Labute approximate surface area is 134 Å². The van der Waals surface area contributed by atoms with Gasteiger partial charge in [0.15, 0.2) is 0 Å². The molecule has 2 aromatic rings. The lowest BCUT2D eigenvalue weighted by atomic mass is 10.2. The zero-order valence-corrected chi connectivity index (χ0v) is 13.1. The average Bonchev–Trinajstić information content (AvgIpc) is 2.48. The monoisotopic (exact) mass is 317 g/mol. The lowest BCUT2D eigenvalue weighted by Crippen LogP contribution is -2.19. The Morgan fingerprint density at radius 3 is 2.26 bits per heavy atom. The molecule has 0 radical (unpaired) electrons. The molecule has 0 aliphatic carbocycles. The molecular formula is C16H19N3O4. The van der Waals surface area contributed by atoms with Crippen molar-refractivity contribution in [2.45, 2.75) is 0 Å². The van der Waals surface area contributed by atoms with Crippen molar-refractivity contribution in [2.75, 3.05) is 33.0 Å². The number of nitro groups is 1. The van der Waals surface area contributed by atoms with Gasteiger partial charge in [-0.1, -0.05) is 0 Å². The van der Waals surface area contributed by atoms with Crippen LogP contribution in [-0.2, 0) is 0 Å². The number of hydrogen-bond donors (Lipinski definition) is 1. The van der Waals surface area contributed by atoms with Gasteiger partial charge in [0.05, 0.1) is 4.92 Å². The van der Waals surface area contributed by atoms with Crippen LogP contribution in [0.25, 0.3) is 0 Å². The van der Waals surface area contributed by atoms with Crippen molar-refractivity contribution >= 4 is 11.4 Å². The molecule has 2 aromatic carbocycles. The Bertz CT molecular complexity index is 672. The summed E-state index contributed by atoms with van der Waals surface area (Å²) < 4.78 is 11.2. The van der Waals surface area contributed by atoms with Crippen LogP contribution in [-0.4, -0.2) is 37.1 Å². The molecule has 0 saturated carbocycles. The van der Waals surface area contributed by atoms with Crippen molar-refractivity contribution in [1.82, 2.24) is 4.90 Å². The third-order valence-electron chi connectivity index (χ3n) is 3.06. The largest absolute Gasteiger partial charge is 0.492 e. The van der Waals surface area contributed by atoms with Crippen molar-refractivity contribution in [1.29, 1.82) is 0 Å². The summed E-state index contributed by atoms with van der Waals surface area (Å²) in [6, 6.07) is 11.4. The van der Waals surface area contributed by atoms with Gasteiger partial charge < -0.3 is 20.1 Å². The summed E-state index contributed by atoms with van der Waals surface area (Å²) in [6.07, 6.45) is 0. The quantitative estimate of drug-likeness (QED) is 0.479. The fourth-order valence-corrected chi connectivity index (χ4v) is 1.85. The van der Waals surface area contributed by atoms with Crippen molar-refractivity contribution in [3.05, 3.63) is 52.6 Å². The molecule has 0 aromatic heterocycles. The number of rotatable bonds is 7. The maximum absolute atomic E-state index is 10.7. The number of ether oxygens (including phenoxy) is 2. The summed E-state index contributed by atoms with van der Waals surface area (Å²) in [5, 5.41) is 10.7. The van der Waals surface area contributed by atoms with E-state index in [4.69, 9.17) is 15.2 Å². The van der Waals surface area contributed by atoms with Gasteiger partial charge in [-0.3, -0.25) is 10.1 Å². The first-order valence-corrected chi connectivity index (χ1v) is 7.05. The topological polar surface area (TPSA) is 90.9 Å². The summed E-state index contributed by atoms with van der Waals surface area (Å²) in [5.74, 6) is 1.79. The zero-order valence-electron chi connectivity index (χ0n) is 13.1. The summed E-state index contributed by atoms with van der Waals surface area (Å²) >= 11 is 0. The van der Waals surface area contributed by atoms with Crippen molar-refractivity contribution in [2.24, 2.45) is 0 Å². The fourth-order valence-electron chi connectivity index (χ4n) is 1.85. The van der Waals surface area contributed by atoms with Crippen LogP contribution in [0, 0.1) is 10.1 Å². The molecule has 0 aliphatic heterocycles. The van der Waals surface area contributed by atoms with E-state index in [0.29, 0.717) is 18.1 Å². The van der Waals surface area contributed by atoms with Crippen LogP contribution in [0.15, 0.2) is 42.5 Å². The minimum atomic E-state index is -0.529. The van der Waals surface area contributed by atoms with Gasteiger partial charge in [0.2, 0.25) is 0 Å². The van der Waals surface area contributed by atoms with E-state index in [2.05, 4.69) is 0 Å². The highest BCUT2D eigenvalue weighted by molar-refractivity contribution is 5.61. The first kappa shape index (κ1) is 16.6. The van der Waals surface area contributed by atoms with E-state index in [1.54, 1.807) is 24.3 Å². The normalized spacial score (nSPS) is 10.6. The first-order chi connectivity index (χ1) is 11.0. The molecule has 0 spiro atoms. The lowest BCUT2D eigenvalue weighted by Gasteiger charge is -2.11. The number of nitrogens with zero attached hydrogens (tertiary/aromatic N) is 2. The second-order valence-corrected chi connectivity index (χ2v) is 5.20. The minimum Gasteiger partial charge on any atom is -0.492 e. The van der Waals surface area contributed by atoms with Crippen LogP contribution in [0.5, 0.6) is 17.2 Å². The molecule has 2 rings (SSSR count). The number of nitrogens with two attached hydrogens (primary N) is 1. The Kier molecular flexibility index (Phi) is 5.37. The van der Waals surface area contributed by atoms with Crippen LogP contribution in [0.4, 0.5) is 11.4 Å². The SMILES string of the molecule is CN(C)CCOc1ccc(Oc2ccc([N+](=O)[O-])c(N)c2)cc1. The van der Waals surface area contributed by atoms with Crippen LogP contribution in [0.3, 0.4) is 0 Å². The van der Waals surface area contributed by atoms with Crippen molar-refractivity contribution in [3.63, 3.8) is 0 Å². The van der Waals surface area contributed by atoms with Gasteiger partial charge >= 0.3 is 0 Å². The predicted octanol–water partition coefficient (Wildman–Crippen LogP) is 2.91. The van der Waals surface area contributed by atoms with Gasteiger partial charge in [0, 0.05) is 18.7 Å². The van der Waals surface area contributed by atoms with Crippen LogP contribution in [0.1, 0.15) is 0 Å². The average molecular weight is 317 g/mol.